The lowest BCUT2D eigenvalue weighted by atomic mass is 9.98. The topological polar surface area (TPSA) is 21.3 Å². The van der Waals surface area contributed by atoms with Crippen LogP contribution in [0.15, 0.2) is 0 Å². The van der Waals surface area contributed by atoms with Crippen LogP contribution in [-0.4, -0.2) is 24.3 Å². The maximum absolute atomic E-state index is 6.32. The highest BCUT2D eigenvalue weighted by atomic mass is 16.5. The second-order valence-electron chi connectivity index (χ2n) is 6.27. The first-order chi connectivity index (χ1) is 8.20. The minimum Gasteiger partial charge on any atom is -0.372 e. The molecule has 0 aromatic rings. The summed E-state index contributed by atoms with van der Waals surface area (Å²) < 4.78 is 6.32. The average molecular weight is 239 g/mol. The van der Waals surface area contributed by atoms with Crippen LogP contribution in [0.4, 0.5) is 0 Å². The van der Waals surface area contributed by atoms with Gasteiger partial charge in [0.2, 0.25) is 0 Å². The van der Waals surface area contributed by atoms with Gasteiger partial charge in [0.05, 0.1) is 11.7 Å². The summed E-state index contributed by atoms with van der Waals surface area (Å²) >= 11 is 0. The Hall–Kier alpha value is -0.0800. The van der Waals surface area contributed by atoms with Crippen molar-refractivity contribution < 1.29 is 4.74 Å². The van der Waals surface area contributed by atoms with Gasteiger partial charge >= 0.3 is 0 Å². The van der Waals surface area contributed by atoms with E-state index in [1.807, 2.05) is 0 Å². The Kier molecular flexibility index (Phi) is 4.87. The summed E-state index contributed by atoms with van der Waals surface area (Å²) in [6, 6.07) is 0.625. The first-order valence-corrected chi connectivity index (χ1v) is 7.61. The van der Waals surface area contributed by atoms with Crippen molar-refractivity contribution in [2.75, 3.05) is 6.54 Å². The number of ether oxygens (including phenoxy) is 1. The maximum atomic E-state index is 6.32. The van der Waals surface area contributed by atoms with E-state index in [9.17, 15) is 0 Å². The summed E-state index contributed by atoms with van der Waals surface area (Å²) in [5.74, 6) is 0. The Morgan fingerprint density at radius 2 is 1.94 bits per heavy atom. The lowest BCUT2D eigenvalue weighted by Gasteiger charge is -2.23. The summed E-state index contributed by atoms with van der Waals surface area (Å²) in [7, 11) is 0. The zero-order valence-electron chi connectivity index (χ0n) is 11.6. The van der Waals surface area contributed by atoms with Gasteiger partial charge in [-0.25, -0.2) is 0 Å². The van der Waals surface area contributed by atoms with Gasteiger partial charge in [-0.15, -0.1) is 0 Å². The third kappa shape index (κ3) is 3.96. The van der Waals surface area contributed by atoms with Gasteiger partial charge in [0.1, 0.15) is 0 Å². The molecule has 0 aromatic heterocycles. The van der Waals surface area contributed by atoms with Crippen LogP contribution < -0.4 is 5.32 Å². The molecule has 1 atom stereocenters. The van der Waals surface area contributed by atoms with Gasteiger partial charge in [-0.05, 0) is 51.5 Å². The van der Waals surface area contributed by atoms with Crippen LogP contribution >= 0.6 is 0 Å². The Bertz CT molecular complexity index is 221. The van der Waals surface area contributed by atoms with E-state index in [2.05, 4.69) is 19.2 Å². The lowest BCUT2D eigenvalue weighted by Crippen LogP contribution is -2.25. The molecule has 2 aliphatic rings. The van der Waals surface area contributed by atoms with Gasteiger partial charge in [0.25, 0.3) is 0 Å². The van der Waals surface area contributed by atoms with E-state index in [0.717, 1.165) is 6.54 Å². The van der Waals surface area contributed by atoms with E-state index in [0.29, 0.717) is 17.7 Å². The van der Waals surface area contributed by atoms with Crippen molar-refractivity contribution >= 4 is 0 Å². The smallest absolute Gasteiger partial charge is 0.0687 e. The minimum atomic E-state index is 0.334. The number of unbranched alkanes of at least 4 members (excludes halogenated alkanes) is 1. The molecule has 1 aliphatic carbocycles. The highest BCUT2D eigenvalue weighted by molar-refractivity contribution is 4.92. The van der Waals surface area contributed by atoms with Crippen LogP contribution in [0.5, 0.6) is 0 Å². The molecule has 0 radical (unpaired) electrons. The molecule has 17 heavy (non-hydrogen) atoms. The van der Waals surface area contributed by atoms with Crippen molar-refractivity contribution in [2.45, 2.75) is 89.4 Å². The summed E-state index contributed by atoms with van der Waals surface area (Å²) in [5.41, 5.74) is 0.334. The van der Waals surface area contributed by atoms with Crippen LogP contribution in [-0.2, 0) is 4.74 Å². The van der Waals surface area contributed by atoms with Gasteiger partial charge in [0, 0.05) is 6.04 Å². The molecule has 2 nitrogen and oxygen atoms in total. The van der Waals surface area contributed by atoms with E-state index in [1.54, 1.807) is 0 Å². The highest BCUT2D eigenvalue weighted by Crippen LogP contribution is 2.44. The van der Waals surface area contributed by atoms with Crippen LogP contribution in [0.1, 0.15) is 71.6 Å². The number of hydrogen-bond donors (Lipinski definition) is 1. The fourth-order valence-corrected chi connectivity index (χ4v) is 3.37. The number of rotatable bonds is 6. The quantitative estimate of drug-likeness (QED) is 0.714. The lowest BCUT2D eigenvalue weighted by molar-refractivity contribution is -0.0394. The molecule has 1 heterocycles. The van der Waals surface area contributed by atoms with E-state index >= 15 is 0 Å². The molecule has 1 saturated heterocycles. The molecule has 2 rings (SSSR count). The molecule has 1 saturated carbocycles. The molecule has 0 amide bonds. The Balaban J connectivity index is 1.55. The van der Waals surface area contributed by atoms with E-state index in [-0.39, 0.29) is 0 Å². The molecular formula is C15H29NO. The Morgan fingerprint density at radius 1 is 1.18 bits per heavy atom. The predicted octanol–water partition coefficient (Wildman–Crippen LogP) is 3.65. The SMILES string of the molecule is CC(C)NCCCCC1CCC2(CCCC2)O1. The van der Waals surface area contributed by atoms with E-state index in [1.165, 1.54) is 57.8 Å². The molecule has 1 spiro atoms. The molecule has 1 N–H and O–H groups in total. The summed E-state index contributed by atoms with van der Waals surface area (Å²) in [6.45, 7) is 5.59. The van der Waals surface area contributed by atoms with Crippen molar-refractivity contribution in [1.29, 1.82) is 0 Å². The van der Waals surface area contributed by atoms with Crippen LogP contribution in [0.2, 0.25) is 0 Å². The van der Waals surface area contributed by atoms with Gasteiger partial charge in [-0.1, -0.05) is 26.7 Å². The molecular weight excluding hydrogens is 210 g/mol. The molecule has 1 unspecified atom stereocenters. The molecule has 100 valence electrons. The van der Waals surface area contributed by atoms with Crippen molar-refractivity contribution in [3.63, 3.8) is 0 Å². The summed E-state index contributed by atoms with van der Waals surface area (Å²) in [4.78, 5) is 0. The van der Waals surface area contributed by atoms with Gasteiger partial charge in [-0.2, -0.15) is 0 Å². The van der Waals surface area contributed by atoms with Gasteiger partial charge in [-0.3, -0.25) is 0 Å². The van der Waals surface area contributed by atoms with Crippen LogP contribution in [0.25, 0.3) is 0 Å². The molecule has 2 fully saturated rings. The third-order valence-electron chi connectivity index (χ3n) is 4.36. The van der Waals surface area contributed by atoms with Crippen molar-refractivity contribution in [3.05, 3.63) is 0 Å². The second-order valence-corrected chi connectivity index (χ2v) is 6.27. The minimum absolute atomic E-state index is 0.334. The first kappa shape index (κ1) is 13.4. The van der Waals surface area contributed by atoms with Crippen molar-refractivity contribution in [2.24, 2.45) is 0 Å². The van der Waals surface area contributed by atoms with Crippen molar-refractivity contribution in [3.8, 4) is 0 Å². The summed E-state index contributed by atoms with van der Waals surface area (Å²) in [5, 5.41) is 3.48. The predicted molar refractivity (Wildman–Crippen MR) is 72.3 cm³/mol. The largest absolute Gasteiger partial charge is 0.372 e. The van der Waals surface area contributed by atoms with Crippen LogP contribution in [0, 0.1) is 0 Å². The second kappa shape index (κ2) is 6.19. The van der Waals surface area contributed by atoms with E-state index in [4.69, 9.17) is 4.74 Å². The average Bonchev–Trinajstić information content (AvgIpc) is 2.89. The first-order valence-electron chi connectivity index (χ1n) is 7.61. The fraction of sp³-hybridized carbons (Fsp3) is 1.00. The zero-order valence-corrected chi connectivity index (χ0v) is 11.6. The Labute approximate surface area is 107 Å². The highest BCUT2D eigenvalue weighted by Gasteiger charge is 2.41. The van der Waals surface area contributed by atoms with Gasteiger partial charge in [0.15, 0.2) is 0 Å². The number of hydrogen-bond acceptors (Lipinski definition) is 2. The molecule has 1 aliphatic heterocycles. The summed E-state index contributed by atoms with van der Waals surface area (Å²) in [6.07, 6.45) is 12.6. The molecule has 0 bridgehead atoms. The Morgan fingerprint density at radius 3 is 2.65 bits per heavy atom. The monoisotopic (exact) mass is 239 g/mol. The van der Waals surface area contributed by atoms with E-state index < -0.39 is 0 Å². The van der Waals surface area contributed by atoms with Crippen LogP contribution in [0.3, 0.4) is 0 Å². The normalized spacial score (nSPS) is 27.4. The molecule has 2 heteroatoms. The van der Waals surface area contributed by atoms with Crippen molar-refractivity contribution in [1.82, 2.24) is 5.32 Å². The zero-order chi connectivity index (χ0) is 12.1. The molecule has 0 aromatic carbocycles. The van der Waals surface area contributed by atoms with Gasteiger partial charge < -0.3 is 10.1 Å². The fourth-order valence-electron chi connectivity index (χ4n) is 3.37. The third-order valence-corrected chi connectivity index (χ3v) is 4.36. The maximum Gasteiger partial charge on any atom is 0.0687 e. The standard InChI is InChI=1S/C15H29NO/c1-13(2)16-12-6-3-7-14-8-11-15(17-14)9-4-5-10-15/h13-14,16H,3-12H2,1-2H3. The number of nitrogens with one attached hydrogen (secondary N) is 1.